The number of benzene rings is 2. The molecule has 8 nitrogen and oxygen atoms in total. The van der Waals surface area contributed by atoms with Gasteiger partial charge in [-0.15, -0.1) is 10.2 Å². The van der Waals surface area contributed by atoms with E-state index in [0.717, 1.165) is 11.3 Å². The number of ether oxygens (including phenoxy) is 1. The summed E-state index contributed by atoms with van der Waals surface area (Å²) in [6, 6.07) is 19.6. The summed E-state index contributed by atoms with van der Waals surface area (Å²) in [5.41, 5.74) is 1.59. The first-order chi connectivity index (χ1) is 15.8. The van der Waals surface area contributed by atoms with Crippen LogP contribution in [0.4, 0.5) is 0 Å². The quantitative estimate of drug-likeness (QED) is 0.279. The minimum atomic E-state index is -0.645. The SMILES string of the molecule is CC(OC(=O)CSc1nnc(-c2ccccc2)n1-c1ccccc1)c1nc(C(C)(C)C)no1. The van der Waals surface area contributed by atoms with Crippen molar-refractivity contribution in [1.29, 1.82) is 0 Å². The topological polar surface area (TPSA) is 95.9 Å². The van der Waals surface area contributed by atoms with E-state index in [1.807, 2.05) is 86.0 Å². The number of aromatic nitrogens is 5. The highest BCUT2D eigenvalue weighted by Crippen LogP contribution is 2.28. The van der Waals surface area contributed by atoms with Gasteiger partial charge in [0.05, 0.1) is 5.75 Å². The molecule has 1 atom stereocenters. The Hall–Kier alpha value is -3.46. The van der Waals surface area contributed by atoms with Crippen molar-refractivity contribution in [3.63, 3.8) is 0 Å². The normalized spacial score (nSPS) is 12.5. The molecule has 33 heavy (non-hydrogen) atoms. The number of carbonyl (C=O) groups is 1. The maximum absolute atomic E-state index is 12.5. The number of nitrogens with zero attached hydrogens (tertiary/aromatic N) is 5. The van der Waals surface area contributed by atoms with Crippen LogP contribution in [0.3, 0.4) is 0 Å². The summed E-state index contributed by atoms with van der Waals surface area (Å²) in [5, 5.41) is 13.3. The number of esters is 1. The van der Waals surface area contributed by atoms with Gasteiger partial charge >= 0.3 is 5.97 Å². The summed E-state index contributed by atoms with van der Waals surface area (Å²) in [7, 11) is 0. The lowest BCUT2D eigenvalue weighted by Gasteiger charge is -2.12. The van der Waals surface area contributed by atoms with Gasteiger partial charge in [0.1, 0.15) is 0 Å². The van der Waals surface area contributed by atoms with E-state index in [2.05, 4.69) is 20.3 Å². The molecule has 0 spiro atoms. The van der Waals surface area contributed by atoms with Gasteiger partial charge in [0, 0.05) is 16.7 Å². The second-order valence-corrected chi connectivity index (χ2v) is 9.41. The number of thioether (sulfide) groups is 1. The fraction of sp³-hybridized carbons (Fsp3) is 0.292. The highest BCUT2D eigenvalue weighted by atomic mass is 32.2. The maximum atomic E-state index is 12.5. The van der Waals surface area contributed by atoms with Crippen molar-refractivity contribution in [1.82, 2.24) is 24.9 Å². The first kappa shape index (κ1) is 22.7. The molecule has 0 aliphatic rings. The van der Waals surface area contributed by atoms with Crippen LogP contribution in [0, 0.1) is 0 Å². The van der Waals surface area contributed by atoms with Gasteiger partial charge in [-0.3, -0.25) is 9.36 Å². The van der Waals surface area contributed by atoms with E-state index in [9.17, 15) is 4.79 Å². The van der Waals surface area contributed by atoms with Gasteiger partial charge in [-0.05, 0) is 19.1 Å². The van der Waals surface area contributed by atoms with E-state index in [0.29, 0.717) is 16.8 Å². The summed E-state index contributed by atoms with van der Waals surface area (Å²) in [4.78, 5) is 16.9. The molecule has 0 N–H and O–H groups in total. The van der Waals surface area contributed by atoms with Gasteiger partial charge < -0.3 is 9.26 Å². The molecule has 0 amide bonds. The predicted octanol–water partition coefficient (Wildman–Crippen LogP) is 5.01. The van der Waals surface area contributed by atoms with Crippen LogP contribution in [0.1, 0.15) is 45.5 Å². The number of para-hydroxylation sites is 1. The Morgan fingerprint density at radius 2 is 1.73 bits per heavy atom. The molecule has 4 rings (SSSR count). The van der Waals surface area contributed by atoms with Crippen molar-refractivity contribution >= 4 is 17.7 Å². The van der Waals surface area contributed by atoms with Gasteiger partial charge in [-0.1, -0.05) is 86.2 Å². The summed E-state index contributed by atoms with van der Waals surface area (Å²) < 4.78 is 12.7. The minimum absolute atomic E-state index is 0.0599. The van der Waals surface area contributed by atoms with E-state index >= 15 is 0 Å². The molecular formula is C24H25N5O3S. The average molecular weight is 464 g/mol. The zero-order chi connectivity index (χ0) is 23.4. The van der Waals surface area contributed by atoms with Crippen LogP contribution >= 0.6 is 11.8 Å². The van der Waals surface area contributed by atoms with Crippen LogP contribution in [0.15, 0.2) is 70.3 Å². The average Bonchev–Trinajstić information content (AvgIpc) is 3.47. The molecule has 1 unspecified atom stereocenters. The van der Waals surface area contributed by atoms with Crippen molar-refractivity contribution < 1.29 is 14.1 Å². The van der Waals surface area contributed by atoms with Gasteiger partial charge in [0.25, 0.3) is 5.89 Å². The Bertz CT molecular complexity index is 1220. The molecule has 2 aromatic heterocycles. The lowest BCUT2D eigenvalue weighted by atomic mass is 9.96. The standard InChI is InChI=1S/C24H25N5O3S/c1-16(21-25-22(28-32-21)24(2,3)4)31-19(30)15-33-23-27-26-20(17-11-7-5-8-12-17)29(23)18-13-9-6-10-14-18/h5-14,16H,15H2,1-4H3. The molecule has 0 aliphatic heterocycles. The largest absolute Gasteiger partial charge is 0.452 e. The van der Waals surface area contributed by atoms with Gasteiger partial charge in [0.2, 0.25) is 0 Å². The summed E-state index contributed by atoms with van der Waals surface area (Å²) in [5.74, 6) is 1.19. The fourth-order valence-electron chi connectivity index (χ4n) is 3.06. The summed E-state index contributed by atoms with van der Waals surface area (Å²) in [6.45, 7) is 7.67. The molecule has 4 aromatic rings. The van der Waals surface area contributed by atoms with Crippen molar-refractivity contribution in [2.45, 2.75) is 44.4 Å². The van der Waals surface area contributed by atoms with Crippen LogP contribution in [0.2, 0.25) is 0 Å². The fourth-order valence-corrected chi connectivity index (χ4v) is 3.79. The number of rotatable bonds is 7. The number of carbonyl (C=O) groups excluding carboxylic acids is 1. The summed E-state index contributed by atoms with van der Waals surface area (Å²) in [6.07, 6.45) is -0.645. The van der Waals surface area contributed by atoms with E-state index in [1.165, 1.54) is 11.8 Å². The minimum Gasteiger partial charge on any atom is -0.452 e. The molecule has 0 aliphatic carbocycles. The van der Waals surface area contributed by atoms with E-state index in [1.54, 1.807) is 6.92 Å². The molecule has 2 heterocycles. The third kappa shape index (κ3) is 5.31. The van der Waals surface area contributed by atoms with Crippen LogP contribution < -0.4 is 0 Å². The van der Waals surface area contributed by atoms with Crippen molar-refractivity contribution in [2.75, 3.05) is 5.75 Å². The van der Waals surface area contributed by atoms with Crippen molar-refractivity contribution in [2.24, 2.45) is 0 Å². The molecule has 9 heteroatoms. The Labute approximate surface area is 196 Å². The molecule has 0 saturated heterocycles. The summed E-state index contributed by atoms with van der Waals surface area (Å²) >= 11 is 1.26. The van der Waals surface area contributed by atoms with Gasteiger partial charge in [-0.25, -0.2) is 0 Å². The lowest BCUT2D eigenvalue weighted by molar-refractivity contribution is -0.146. The Balaban J connectivity index is 1.48. The second kappa shape index (κ2) is 9.58. The van der Waals surface area contributed by atoms with E-state index in [4.69, 9.17) is 9.26 Å². The zero-order valence-electron chi connectivity index (χ0n) is 18.9. The zero-order valence-corrected chi connectivity index (χ0v) is 19.7. The van der Waals surface area contributed by atoms with Gasteiger partial charge in [-0.2, -0.15) is 4.98 Å². The van der Waals surface area contributed by atoms with E-state index < -0.39 is 12.1 Å². The first-order valence-corrected chi connectivity index (χ1v) is 11.5. The molecular weight excluding hydrogens is 438 g/mol. The Morgan fingerprint density at radius 3 is 2.36 bits per heavy atom. The first-order valence-electron chi connectivity index (χ1n) is 10.6. The molecule has 2 aromatic carbocycles. The highest BCUT2D eigenvalue weighted by molar-refractivity contribution is 7.99. The Kier molecular flexibility index (Phi) is 6.60. The molecule has 0 fully saturated rings. The van der Waals surface area contributed by atoms with Crippen molar-refractivity contribution in [3.8, 4) is 17.1 Å². The highest BCUT2D eigenvalue weighted by Gasteiger charge is 2.25. The molecule has 0 bridgehead atoms. The lowest BCUT2D eigenvalue weighted by Crippen LogP contribution is -2.14. The smallest absolute Gasteiger partial charge is 0.317 e. The van der Waals surface area contributed by atoms with E-state index in [-0.39, 0.29) is 17.1 Å². The monoisotopic (exact) mass is 463 g/mol. The van der Waals surface area contributed by atoms with Crippen LogP contribution in [-0.2, 0) is 14.9 Å². The van der Waals surface area contributed by atoms with Gasteiger partial charge in [0.15, 0.2) is 22.9 Å². The van der Waals surface area contributed by atoms with Crippen LogP contribution in [0.25, 0.3) is 17.1 Å². The third-order valence-corrected chi connectivity index (χ3v) is 5.67. The van der Waals surface area contributed by atoms with Crippen molar-refractivity contribution in [3.05, 3.63) is 72.4 Å². The number of hydrogen-bond acceptors (Lipinski definition) is 8. The third-order valence-electron chi connectivity index (χ3n) is 4.77. The molecule has 170 valence electrons. The predicted molar refractivity (Wildman–Crippen MR) is 125 cm³/mol. The number of hydrogen-bond donors (Lipinski definition) is 0. The molecule has 0 radical (unpaired) electrons. The molecule has 0 saturated carbocycles. The van der Waals surface area contributed by atoms with Crippen LogP contribution in [0.5, 0.6) is 0 Å². The van der Waals surface area contributed by atoms with Crippen LogP contribution in [-0.4, -0.2) is 36.6 Å². The maximum Gasteiger partial charge on any atom is 0.317 e. The second-order valence-electron chi connectivity index (χ2n) is 8.47. The Morgan fingerprint density at radius 1 is 1.06 bits per heavy atom.